The number of carbonyl (C=O) groups is 1. The highest BCUT2D eigenvalue weighted by molar-refractivity contribution is 7.14. The lowest BCUT2D eigenvalue weighted by Crippen LogP contribution is -2.33. The Kier molecular flexibility index (Phi) is 7.43. The Labute approximate surface area is 181 Å². The minimum Gasteiger partial charge on any atom is -0.497 e. The normalized spacial score (nSPS) is 10.8. The number of carbonyl (C=O) groups excluding carboxylic acids is 1. The number of ether oxygens (including phenoxy) is 2. The molecule has 30 heavy (non-hydrogen) atoms. The van der Waals surface area contributed by atoms with Crippen LogP contribution in [0.3, 0.4) is 0 Å². The summed E-state index contributed by atoms with van der Waals surface area (Å²) in [5.74, 6) is 1.39. The highest BCUT2D eigenvalue weighted by Crippen LogP contribution is 2.36. The van der Waals surface area contributed by atoms with E-state index in [2.05, 4.69) is 4.90 Å². The molecule has 0 unspecified atom stereocenters. The van der Waals surface area contributed by atoms with Crippen molar-refractivity contribution in [2.45, 2.75) is 6.42 Å². The Balaban J connectivity index is 1.93. The number of methoxy groups -OCH3 is 2. The van der Waals surface area contributed by atoms with Crippen molar-refractivity contribution in [3.63, 3.8) is 0 Å². The molecular formula is C23H27N3O3S. The molecule has 3 rings (SSSR count). The maximum absolute atomic E-state index is 13.2. The lowest BCUT2D eigenvalue weighted by Gasteiger charge is -2.21. The topological polar surface area (TPSA) is 54.9 Å². The number of amides is 1. The van der Waals surface area contributed by atoms with Gasteiger partial charge < -0.3 is 14.4 Å². The molecule has 3 aromatic rings. The third kappa shape index (κ3) is 5.17. The van der Waals surface area contributed by atoms with Crippen LogP contribution in [0.4, 0.5) is 5.13 Å². The second-order valence-electron chi connectivity index (χ2n) is 7.06. The Morgan fingerprint density at radius 2 is 1.80 bits per heavy atom. The summed E-state index contributed by atoms with van der Waals surface area (Å²) in [4.78, 5) is 21.9. The summed E-state index contributed by atoms with van der Waals surface area (Å²) >= 11 is 1.45. The summed E-state index contributed by atoms with van der Waals surface area (Å²) in [5, 5.41) is 2.62. The first kappa shape index (κ1) is 21.8. The first-order valence-electron chi connectivity index (χ1n) is 9.73. The molecule has 0 fully saturated rings. The average Bonchev–Trinajstić information content (AvgIpc) is 3.26. The molecule has 0 saturated heterocycles. The molecule has 0 atom stereocenters. The van der Waals surface area contributed by atoms with Crippen LogP contribution in [0.1, 0.15) is 16.8 Å². The fraction of sp³-hybridized carbons (Fsp3) is 0.304. The number of hydrogen-bond donors (Lipinski definition) is 0. The zero-order chi connectivity index (χ0) is 21.5. The van der Waals surface area contributed by atoms with Gasteiger partial charge in [0.05, 0.1) is 19.9 Å². The van der Waals surface area contributed by atoms with Crippen molar-refractivity contribution in [3.05, 3.63) is 59.5 Å². The van der Waals surface area contributed by atoms with E-state index in [4.69, 9.17) is 14.5 Å². The number of thiazole rings is 1. The smallest absolute Gasteiger partial charge is 0.260 e. The third-order valence-electron chi connectivity index (χ3n) is 4.66. The van der Waals surface area contributed by atoms with Crippen LogP contribution >= 0.6 is 11.3 Å². The van der Waals surface area contributed by atoms with E-state index in [0.29, 0.717) is 23.0 Å². The zero-order valence-corrected chi connectivity index (χ0v) is 18.6. The van der Waals surface area contributed by atoms with E-state index in [0.717, 1.165) is 30.0 Å². The molecule has 0 radical (unpaired) electrons. The standard InChI is InChI=1S/C23H27N3O3S/c1-25(2)13-8-14-26(22(27)17-9-6-5-7-10-17)23-24-20(16-30-23)19-15-18(28-3)11-12-21(19)29-4/h5-7,9-12,15-16H,8,13-14H2,1-4H3. The quantitative estimate of drug-likeness (QED) is 0.508. The van der Waals surface area contributed by atoms with Gasteiger partial charge in [-0.1, -0.05) is 18.2 Å². The zero-order valence-electron chi connectivity index (χ0n) is 17.8. The second kappa shape index (κ2) is 10.2. The van der Waals surface area contributed by atoms with Gasteiger partial charge in [0.2, 0.25) is 0 Å². The molecule has 0 spiro atoms. The SMILES string of the molecule is COc1ccc(OC)c(-c2csc(N(CCCN(C)C)C(=O)c3ccccc3)n2)c1. The van der Waals surface area contributed by atoms with Crippen molar-refractivity contribution in [1.82, 2.24) is 9.88 Å². The molecule has 6 nitrogen and oxygen atoms in total. The molecule has 0 N–H and O–H groups in total. The molecule has 1 aromatic heterocycles. The largest absolute Gasteiger partial charge is 0.497 e. The van der Waals surface area contributed by atoms with Crippen LogP contribution in [0, 0.1) is 0 Å². The van der Waals surface area contributed by atoms with Crippen LogP contribution in [0.25, 0.3) is 11.3 Å². The predicted molar refractivity (Wildman–Crippen MR) is 122 cm³/mol. The summed E-state index contributed by atoms with van der Waals surface area (Å²) in [6.45, 7) is 1.48. The van der Waals surface area contributed by atoms with Gasteiger partial charge in [-0.15, -0.1) is 11.3 Å². The highest BCUT2D eigenvalue weighted by atomic mass is 32.1. The molecule has 2 aromatic carbocycles. The minimum atomic E-state index is -0.0483. The summed E-state index contributed by atoms with van der Waals surface area (Å²) < 4.78 is 10.9. The maximum Gasteiger partial charge on any atom is 0.260 e. The molecule has 7 heteroatoms. The third-order valence-corrected chi connectivity index (χ3v) is 5.52. The monoisotopic (exact) mass is 425 g/mol. The van der Waals surface area contributed by atoms with Gasteiger partial charge in [0.1, 0.15) is 11.5 Å². The number of rotatable bonds is 9. The van der Waals surface area contributed by atoms with Gasteiger partial charge in [-0.05, 0) is 57.4 Å². The van der Waals surface area contributed by atoms with E-state index in [-0.39, 0.29) is 5.91 Å². The molecule has 1 heterocycles. The van der Waals surface area contributed by atoms with Crippen molar-refractivity contribution < 1.29 is 14.3 Å². The number of nitrogens with zero attached hydrogens (tertiary/aromatic N) is 3. The lowest BCUT2D eigenvalue weighted by molar-refractivity contribution is 0.0986. The Bertz CT molecular complexity index is 973. The number of aromatic nitrogens is 1. The molecule has 0 aliphatic heterocycles. The van der Waals surface area contributed by atoms with Crippen LogP contribution in [-0.2, 0) is 0 Å². The van der Waals surface area contributed by atoms with Gasteiger partial charge in [-0.2, -0.15) is 0 Å². The first-order chi connectivity index (χ1) is 14.5. The Morgan fingerprint density at radius 1 is 1.03 bits per heavy atom. The van der Waals surface area contributed by atoms with Crippen LogP contribution in [-0.4, -0.2) is 57.2 Å². The summed E-state index contributed by atoms with van der Waals surface area (Å²) in [6, 6.07) is 14.9. The summed E-state index contributed by atoms with van der Waals surface area (Å²) in [6.07, 6.45) is 0.850. The van der Waals surface area contributed by atoms with Crippen LogP contribution in [0.5, 0.6) is 11.5 Å². The number of hydrogen-bond acceptors (Lipinski definition) is 6. The second-order valence-corrected chi connectivity index (χ2v) is 7.90. The van der Waals surface area contributed by atoms with Crippen molar-refractivity contribution >= 4 is 22.4 Å². The van der Waals surface area contributed by atoms with Crippen LogP contribution < -0.4 is 14.4 Å². The molecule has 0 aliphatic rings. The maximum atomic E-state index is 13.2. The van der Waals surface area contributed by atoms with E-state index < -0.39 is 0 Å². The van der Waals surface area contributed by atoms with Crippen LogP contribution in [0.2, 0.25) is 0 Å². The highest BCUT2D eigenvalue weighted by Gasteiger charge is 2.22. The van der Waals surface area contributed by atoms with Crippen LogP contribution in [0.15, 0.2) is 53.9 Å². The minimum absolute atomic E-state index is 0.0483. The Hall–Kier alpha value is -2.90. The van der Waals surface area contributed by atoms with Gasteiger partial charge in [-0.3, -0.25) is 9.69 Å². The van der Waals surface area contributed by atoms with E-state index in [1.165, 1.54) is 11.3 Å². The molecule has 0 saturated carbocycles. The van der Waals surface area contributed by atoms with Crippen molar-refractivity contribution in [1.29, 1.82) is 0 Å². The predicted octanol–water partition coefficient (Wildman–Crippen LogP) is 4.43. The molecule has 1 amide bonds. The fourth-order valence-corrected chi connectivity index (χ4v) is 3.94. The van der Waals surface area contributed by atoms with Gasteiger partial charge in [0.15, 0.2) is 5.13 Å². The van der Waals surface area contributed by atoms with Crippen molar-refractivity contribution in [3.8, 4) is 22.8 Å². The van der Waals surface area contributed by atoms with Gasteiger partial charge in [0, 0.05) is 23.1 Å². The molecule has 0 bridgehead atoms. The molecule has 158 valence electrons. The van der Waals surface area contributed by atoms with E-state index in [1.54, 1.807) is 19.1 Å². The van der Waals surface area contributed by atoms with Crippen molar-refractivity contribution in [2.75, 3.05) is 46.3 Å². The molecular weight excluding hydrogens is 398 g/mol. The average molecular weight is 426 g/mol. The van der Waals surface area contributed by atoms with Gasteiger partial charge >= 0.3 is 0 Å². The van der Waals surface area contributed by atoms with E-state index in [1.807, 2.05) is 68.0 Å². The first-order valence-corrected chi connectivity index (χ1v) is 10.6. The van der Waals surface area contributed by atoms with Gasteiger partial charge in [0.25, 0.3) is 5.91 Å². The van der Waals surface area contributed by atoms with E-state index >= 15 is 0 Å². The summed E-state index contributed by atoms with van der Waals surface area (Å²) in [5.41, 5.74) is 2.24. The van der Waals surface area contributed by atoms with E-state index in [9.17, 15) is 4.79 Å². The van der Waals surface area contributed by atoms with Crippen molar-refractivity contribution in [2.24, 2.45) is 0 Å². The Morgan fingerprint density at radius 3 is 2.47 bits per heavy atom. The fourth-order valence-electron chi connectivity index (χ4n) is 3.09. The number of anilines is 1. The molecule has 0 aliphatic carbocycles. The lowest BCUT2D eigenvalue weighted by atomic mass is 10.1. The summed E-state index contributed by atoms with van der Waals surface area (Å²) in [7, 11) is 7.31. The van der Waals surface area contributed by atoms with Gasteiger partial charge in [-0.25, -0.2) is 4.98 Å². The number of benzene rings is 2.